The van der Waals surface area contributed by atoms with Gasteiger partial charge >= 0.3 is 6.01 Å². The Morgan fingerprint density at radius 3 is 2.62 bits per heavy atom. The Balaban J connectivity index is 3.01. The van der Waals surface area contributed by atoms with Crippen LogP contribution >= 0.6 is 0 Å². The summed E-state index contributed by atoms with van der Waals surface area (Å²) in [6.07, 6.45) is 0.889. The number of nitrogens with one attached hydrogen (secondary N) is 1. The van der Waals surface area contributed by atoms with Crippen LogP contribution in [0.15, 0.2) is 0 Å². The van der Waals surface area contributed by atoms with Crippen LogP contribution in [0.25, 0.3) is 0 Å². The highest BCUT2D eigenvalue weighted by molar-refractivity contribution is 5.38. The van der Waals surface area contributed by atoms with Crippen molar-refractivity contribution in [3.63, 3.8) is 0 Å². The lowest BCUT2D eigenvalue weighted by molar-refractivity contribution is 0.291. The highest BCUT2D eigenvalue weighted by Gasteiger charge is 2.15. The van der Waals surface area contributed by atoms with Gasteiger partial charge in [-0.15, -0.1) is 0 Å². The molecule has 7 nitrogen and oxygen atoms in total. The molecule has 1 rings (SSSR count). The molecule has 1 aromatic heterocycles. The summed E-state index contributed by atoms with van der Waals surface area (Å²) in [4.78, 5) is 14.9. The third kappa shape index (κ3) is 5.42. The second kappa shape index (κ2) is 8.95. The van der Waals surface area contributed by atoms with Gasteiger partial charge in [-0.1, -0.05) is 6.92 Å². The monoisotopic (exact) mass is 292 g/mol. The molecule has 0 aliphatic carbocycles. The average molecular weight is 292 g/mol. The van der Waals surface area contributed by atoms with Gasteiger partial charge < -0.3 is 15.0 Å². The van der Waals surface area contributed by atoms with E-state index in [0.717, 1.165) is 19.5 Å². The highest BCUT2D eigenvalue weighted by Crippen LogP contribution is 2.16. The van der Waals surface area contributed by atoms with Crippen LogP contribution in [0.3, 0.4) is 0 Å². The molecule has 0 aliphatic heterocycles. The maximum absolute atomic E-state index is 8.97. The van der Waals surface area contributed by atoms with Crippen molar-refractivity contribution in [3.8, 4) is 12.1 Å². The van der Waals surface area contributed by atoms with Crippen molar-refractivity contribution < 1.29 is 4.74 Å². The first-order valence-electron chi connectivity index (χ1n) is 7.41. The zero-order chi connectivity index (χ0) is 15.7. The Hall–Kier alpha value is -2.10. The first-order chi connectivity index (χ1) is 10.1. The molecule has 0 aliphatic rings. The van der Waals surface area contributed by atoms with Crippen LogP contribution in [0, 0.1) is 17.2 Å². The van der Waals surface area contributed by atoms with Gasteiger partial charge in [-0.3, -0.25) is 0 Å². The maximum atomic E-state index is 8.97. The first kappa shape index (κ1) is 17.0. The standard InChI is InChI=1S/C14H24N6O/c1-5-8-21-14-18-12(16-6-2)17-13(19-14)20(7-3)10-11(4)9-15/h11H,5-8,10H2,1-4H3,(H,16,17,18,19). The minimum Gasteiger partial charge on any atom is -0.463 e. The maximum Gasteiger partial charge on any atom is 0.323 e. The summed E-state index contributed by atoms with van der Waals surface area (Å²) in [5.74, 6) is 0.942. The molecule has 0 fully saturated rings. The van der Waals surface area contributed by atoms with Gasteiger partial charge in [0, 0.05) is 19.6 Å². The van der Waals surface area contributed by atoms with Gasteiger partial charge in [-0.05, 0) is 27.2 Å². The van der Waals surface area contributed by atoms with E-state index in [1.165, 1.54) is 0 Å². The van der Waals surface area contributed by atoms with Crippen LogP contribution in [0.5, 0.6) is 6.01 Å². The predicted octanol–water partition coefficient (Wildman–Crippen LogP) is 2.08. The van der Waals surface area contributed by atoms with Gasteiger partial charge in [0.25, 0.3) is 0 Å². The summed E-state index contributed by atoms with van der Waals surface area (Å²) < 4.78 is 5.51. The lowest BCUT2D eigenvalue weighted by Crippen LogP contribution is -2.30. The van der Waals surface area contributed by atoms with Gasteiger partial charge in [0.1, 0.15) is 0 Å². The third-order valence-electron chi connectivity index (χ3n) is 2.75. The molecule has 116 valence electrons. The minimum absolute atomic E-state index is 0.0932. The molecule has 0 saturated carbocycles. The van der Waals surface area contributed by atoms with Crippen molar-refractivity contribution >= 4 is 11.9 Å². The Kier molecular flexibility index (Phi) is 7.23. The van der Waals surface area contributed by atoms with E-state index in [9.17, 15) is 0 Å². The lowest BCUT2D eigenvalue weighted by atomic mass is 10.2. The van der Waals surface area contributed by atoms with Crippen molar-refractivity contribution in [2.45, 2.75) is 34.1 Å². The molecule has 0 saturated heterocycles. The molecule has 7 heteroatoms. The van der Waals surface area contributed by atoms with E-state index in [1.54, 1.807) is 0 Å². The smallest absolute Gasteiger partial charge is 0.323 e. The lowest BCUT2D eigenvalue weighted by Gasteiger charge is -2.22. The topological polar surface area (TPSA) is 87.0 Å². The molecule has 0 amide bonds. The SMILES string of the molecule is CCCOc1nc(NCC)nc(N(CC)CC(C)C#N)n1. The third-order valence-corrected chi connectivity index (χ3v) is 2.75. The summed E-state index contributed by atoms with van der Waals surface area (Å²) in [5.41, 5.74) is 0. The van der Waals surface area contributed by atoms with E-state index in [4.69, 9.17) is 10.00 Å². The van der Waals surface area contributed by atoms with E-state index in [2.05, 4.69) is 26.3 Å². The van der Waals surface area contributed by atoms with Crippen molar-refractivity contribution in [3.05, 3.63) is 0 Å². The van der Waals surface area contributed by atoms with Crippen molar-refractivity contribution in [2.75, 3.05) is 36.5 Å². The average Bonchev–Trinajstić information content (AvgIpc) is 2.50. The number of rotatable bonds is 9. The summed E-state index contributed by atoms with van der Waals surface area (Å²) in [6.45, 7) is 10.5. The fourth-order valence-electron chi connectivity index (χ4n) is 1.71. The van der Waals surface area contributed by atoms with Gasteiger partial charge in [0.15, 0.2) is 0 Å². The summed E-state index contributed by atoms with van der Waals surface area (Å²) in [5, 5.41) is 12.0. The molecule has 1 aromatic rings. The quantitative estimate of drug-likeness (QED) is 0.745. The molecule has 1 atom stereocenters. The molecular weight excluding hydrogens is 268 g/mol. The van der Waals surface area contributed by atoms with E-state index in [-0.39, 0.29) is 5.92 Å². The molecule has 0 aromatic carbocycles. The van der Waals surface area contributed by atoms with E-state index >= 15 is 0 Å². The zero-order valence-corrected chi connectivity index (χ0v) is 13.3. The minimum atomic E-state index is -0.0932. The number of ether oxygens (including phenoxy) is 1. The number of nitriles is 1. The fraction of sp³-hybridized carbons (Fsp3) is 0.714. The van der Waals surface area contributed by atoms with Gasteiger partial charge in [0.2, 0.25) is 11.9 Å². The molecule has 1 heterocycles. The molecule has 1 unspecified atom stereocenters. The van der Waals surface area contributed by atoms with Gasteiger partial charge in [-0.2, -0.15) is 20.2 Å². The molecule has 21 heavy (non-hydrogen) atoms. The van der Waals surface area contributed by atoms with Crippen molar-refractivity contribution in [1.29, 1.82) is 5.26 Å². The largest absolute Gasteiger partial charge is 0.463 e. The van der Waals surface area contributed by atoms with Crippen molar-refractivity contribution in [2.24, 2.45) is 5.92 Å². The van der Waals surface area contributed by atoms with Gasteiger partial charge in [0.05, 0.1) is 18.6 Å². The van der Waals surface area contributed by atoms with Crippen LogP contribution in [-0.4, -0.2) is 41.2 Å². The van der Waals surface area contributed by atoms with E-state index in [1.807, 2.05) is 32.6 Å². The number of aromatic nitrogens is 3. The second-order valence-corrected chi connectivity index (χ2v) is 4.69. The molecule has 1 N–H and O–H groups in total. The molecule has 0 bridgehead atoms. The molecular formula is C14H24N6O. The Labute approximate surface area is 126 Å². The summed E-state index contributed by atoms with van der Waals surface area (Å²) in [7, 11) is 0. The summed E-state index contributed by atoms with van der Waals surface area (Å²) in [6, 6.07) is 2.55. The van der Waals surface area contributed by atoms with Crippen molar-refractivity contribution in [1.82, 2.24) is 15.0 Å². The van der Waals surface area contributed by atoms with Crippen LogP contribution < -0.4 is 15.0 Å². The fourth-order valence-corrected chi connectivity index (χ4v) is 1.71. The summed E-state index contributed by atoms with van der Waals surface area (Å²) >= 11 is 0. The van der Waals surface area contributed by atoms with E-state index in [0.29, 0.717) is 31.1 Å². The predicted molar refractivity (Wildman–Crippen MR) is 82.4 cm³/mol. The normalized spacial score (nSPS) is 11.6. The Morgan fingerprint density at radius 2 is 2.05 bits per heavy atom. The molecule has 0 spiro atoms. The van der Waals surface area contributed by atoms with E-state index < -0.39 is 0 Å². The van der Waals surface area contributed by atoms with Crippen LogP contribution in [0.1, 0.15) is 34.1 Å². The highest BCUT2D eigenvalue weighted by atomic mass is 16.5. The van der Waals surface area contributed by atoms with Crippen LogP contribution in [-0.2, 0) is 0 Å². The second-order valence-electron chi connectivity index (χ2n) is 4.69. The van der Waals surface area contributed by atoms with Crippen LogP contribution in [0.2, 0.25) is 0 Å². The zero-order valence-electron chi connectivity index (χ0n) is 13.3. The Bertz CT molecular complexity index is 473. The Morgan fingerprint density at radius 1 is 1.29 bits per heavy atom. The number of anilines is 2. The number of hydrogen-bond acceptors (Lipinski definition) is 7. The first-order valence-corrected chi connectivity index (χ1v) is 7.41. The number of nitrogens with zero attached hydrogens (tertiary/aromatic N) is 5. The molecule has 0 radical (unpaired) electrons. The van der Waals surface area contributed by atoms with Crippen LogP contribution in [0.4, 0.5) is 11.9 Å². The number of hydrogen-bond donors (Lipinski definition) is 1. The van der Waals surface area contributed by atoms with Gasteiger partial charge in [-0.25, -0.2) is 0 Å².